The molecular weight excluding hydrogens is 511 g/mol. The molecule has 1 saturated heterocycles. The molecule has 10 heteroatoms. The highest BCUT2D eigenvalue weighted by molar-refractivity contribution is 6.04. The summed E-state index contributed by atoms with van der Waals surface area (Å²) in [4.78, 5) is 27.1. The highest BCUT2D eigenvalue weighted by Crippen LogP contribution is 2.40. The summed E-state index contributed by atoms with van der Waals surface area (Å²) in [7, 11) is 0. The molecule has 2 fully saturated rings. The molecule has 0 atom stereocenters. The number of ether oxygens (including phenoxy) is 2. The Morgan fingerprint density at radius 1 is 1.23 bits per heavy atom. The van der Waals surface area contributed by atoms with Crippen molar-refractivity contribution in [1.82, 2.24) is 24.1 Å². The Morgan fingerprint density at radius 3 is 2.90 bits per heavy atom. The van der Waals surface area contributed by atoms with Gasteiger partial charge >= 0.3 is 0 Å². The molecule has 4 aromatic rings. The van der Waals surface area contributed by atoms with Gasteiger partial charge in [0.05, 0.1) is 43.1 Å². The summed E-state index contributed by atoms with van der Waals surface area (Å²) >= 11 is 0. The molecule has 1 aliphatic carbocycles. The van der Waals surface area contributed by atoms with Crippen molar-refractivity contribution in [3.63, 3.8) is 0 Å². The van der Waals surface area contributed by atoms with Crippen molar-refractivity contribution in [3.05, 3.63) is 71.8 Å². The smallest absolute Gasteiger partial charge is 0.259 e. The summed E-state index contributed by atoms with van der Waals surface area (Å²) in [5.41, 5.74) is 3.17. The lowest BCUT2D eigenvalue weighted by atomic mass is 9.90. The minimum atomic E-state index is -0.674. The molecule has 0 unspecified atom stereocenters. The zero-order valence-electron chi connectivity index (χ0n) is 22.4. The van der Waals surface area contributed by atoms with Gasteiger partial charge in [0.15, 0.2) is 5.82 Å². The van der Waals surface area contributed by atoms with Crippen LogP contribution in [0.15, 0.2) is 49.1 Å². The van der Waals surface area contributed by atoms with Crippen LogP contribution < -0.4 is 10.1 Å². The van der Waals surface area contributed by atoms with Gasteiger partial charge in [0.25, 0.3) is 5.91 Å². The number of nitrogens with zero attached hydrogens (tertiary/aromatic N) is 5. The van der Waals surface area contributed by atoms with Crippen molar-refractivity contribution in [2.45, 2.75) is 51.5 Å². The van der Waals surface area contributed by atoms with E-state index in [0.717, 1.165) is 50.2 Å². The summed E-state index contributed by atoms with van der Waals surface area (Å²) in [5.74, 6) is 0.644. The molecule has 9 nitrogen and oxygen atoms in total. The number of hydrogen-bond donors (Lipinski definition) is 1. The zero-order valence-corrected chi connectivity index (χ0v) is 22.4. The molecule has 206 valence electrons. The van der Waals surface area contributed by atoms with Crippen molar-refractivity contribution in [3.8, 4) is 23.0 Å². The topological polar surface area (TPSA) is 96.1 Å². The second-order valence-electron chi connectivity index (χ2n) is 11.4. The number of pyridine rings is 1. The fourth-order valence-corrected chi connectivity index (χ4v) is 5.33. The number of hydrogen-bond acceptors (Lipinski definition) is 6. The van der Waals surface area contributed by atoms with Gasteiger partial charge in [0.2, 0.25) is 0 Å². The number of aryl methyl sites for hydroxylation is 1. The Balaban J connectivity index is 1.17. The lowest BCUT2D eigenvalue weighted by Gasteiger charge is -2.37. The molecule has 0 bridgehead atoms. The van der Waals surface area contributed by atoms with Gasteiger partial charge in [-0.25, -0.2) is 19.3 Å². The van der Waals surface area contributed by atoms with Crippen LogP contribution in [0, 0.1) is 11.2 Å². The van der Waals surface area contributed by atoms with E-state index in [1.165, 1.54) is 17.8 Å². The minimum Gasteiger partial charge on any atom is -0.491 e. The fraction of sp³-hybridized carbons (Fsp3) is 0.400. The van der Waals surface area contributed by atoms with Crippen molar-refractivity contribution >= 4 is 11.7 Å². The van der Waals surface area contributed by atoms with Gasteiger partial charge in [-0.1, -0.05) is 13.0 Å². The highest BCUT2D eigenvalue weighted by atomic mass is 19.1. The largest absolute Gasteiger partial charge is 0.491 e. The molecule has 0 spiro atoms. The van der Waals surface area contributed by atoms with Crippen LogP contribution in [0.25, 0.3) is 17.2 Å². The SMILES string of the molecule is CC1(COc2cc(F)c(C(=O)Nc3cccc(-c4ncc5n4CCCC5)n3)cc2-n2cnc(C3CC3)c2)COC1. The molecule has 40 heavy (non-hydrogen) atoms. The molecule has 5 heterocycles. The quantitative estimate of drug-likeness (QED) is 0.331. The average molecular weight is 543 g/mol. The zero-order chi connectivity index (χ0) is 27.3. The summed E-state index contributed by atoms with van der Waals surface area (Å²) < 4.78 is 30.8. The number of rotatable bonds is 8. The monoisotopic (exact) mass is 542 g/mol. The third-order valence-corrected chi connectivity index (χ3v) is 7.87. The van der Waals surface area contributed by atoms with Gasteiger partial charge in [-0.3, -0.25) is 4.79 Å². The first-order valence-electron chi connectivity index (χ1n) is 13.9. The number of imidazole rings is 2. The summed E-state index contributed by atoms with van der Waals surface area (Å²) in [6.45, 7) is 4.53. The Hall–Kier alpha value is -4.05. The van der Waals surface area contributed by atoms with Gasteiger partial charge < -0.3 is 23.9 Å². The van der Waals surface area contributed by atoms with Gasteiger partial charge in [0.1, 0.15) is 23.1 Å². The summed E-state index contributed by atoms with van der Waals surface area (Å²) in [6, 6.07) is 8.18. The molecular formula is C30H31FN6O3. The molecule has 3 aliphatic rings. The lowest BCUT2D eigenvalue weighted by Crippen LogP contribution is -2.44. The van der Waals surface area contributed by atoms with E-state index in [1.807, 2.05) is 24.5 Å². The van der Waals surface area contributed by atoms with E-state index in [2.05, 4.69) is 31.8 Å². The number of amides is 1. The molecule has 2 aliphatic heterocycles. The average Bonchev–Trinajstić information content (AvgIpc) is 3.51. The molecule has 3 aromatic heterocycles. The fourth-order valence-electron chi connectivity index (χ4n) is 5.33. The standard InChI is InChI=1S/C30H31FN6O3/c1-30(15-39-16-30)17-40-26-12-22(31)21(11-25(26)36-14-24(33-18-36)19-8-9-19)29(38)35-27-7-4-6-23(34-27)28-32-13-20-5-2-3-10-37(20)28/h4,6-7,11-14,18-19H,2-3,5,8-10,15-17H2,1H3,(H,34,35,38). The van der Waals surface area contributed by atoms with Crippen molar-refractivity contribution in [1.29, 1.82) is 0 Å². The lowest BCUT2D eigenvalue weighted by molar-refractivity contribution is -0.120. The third kappa shape index (κ3) is 4.77. The number of carbonyl (C=O) groups excluding carboxylic acids is 1. The van der Waals surface area contributed by atoms with Crippen LogP contribution in [-0.4, -0.2) is 49.8 Å². The maximum Gasteiger partial charge on any atom is 0.259 e. The Morgan fingerprint density at radius 2 is 2.10 bits per heavy atom. The van der Waals surface area contributed by atoms with E-state index >= 15 is 4.39 Å². The minimum absolute atomic E-state index is 0.104. The number of anilines is 1. The molecule has 1 saturated carbocycles. The van der Waals surface area contributed by atoms with E-state index in [4.69, 9.17) is 9.47 Å². The van der Waals surface area contributed by atoms with Crippen LogP contribution in [0.4, 0.5) is 10.2 Å². The van der Waals surface area contributed by atoms with Crippen LogP contribution in [0.3, 0.4) is 0 Å². The maximum atomic E-state index is 15.4. The van der Waals surface area contributed by atoms with Crippen molar-refractivity contribution < 1.29 is 18.7 Å². The van der Waals surface area contributed by atoms with E-state index < -0.39 is 11.7 Å². The first-order chi connectivity index (χ1) is 19.5. The first kappa shape index (κ1) is 25.0. The van der Waals surface area contributed by atoms with Crippen LogP contribution in [-0.2, 0) is 17.7 Å². The van der Waals surface area contributed by atoms with Crippen LogP contribution in [0.5, 0.6) is 5.75 Å². The predicted molar refractivity (Wildman–Crippen MR) is 146 cm³/mol. The Bertz CT molecular complexity index is 1590. The van der Waals surface area contributed by atoms with Gasteiger partial charge in [-0.05, 0) is 50.3 Å². The van der Waals surface area contributed by atoms with Crippen LogP contribution in [0.1, 0.15) is 60.3 Å². The third-order valence-electron chi connectivity index (χ3n) is 7.87. The highest BCUT2D eigenvalue weighted by Gasteiger charge is 2.35. The number of fused-ring (bicyclic) bond motifs is 1. The van der Waals surface area contributed by atoms with Gasteiger partial charge in [0, 0.05) is 42.0 Å². The predicted octanol–water partition coefficient (Wildman–Crippen LogP) is 5.15. The Labute approximate surface area is 231 Å². The Kier molecular flexibility index (Phi) is 6.14. The van der Waals surface area contributed by atoms with Crippen LogP contribution in [0.2, 0.25) is 0 Å². The normalized spacial score (nSPS) is 17.6. The molecule has 1 amide bonds. The number of nitrogens with one attached hydrogen (secondary N) is 1. The number of aromatic nitrogens is 5. The number of carbonyl (C=O) groups is 1. The van der Waals surface area contributed by atoms with E-state index in [-0.39, 0.29) is 11.0 Å². The van der Waals surface area contributed by atoms with Crippen molar-refractivity contribution in [2.24, 2.45) is 5.41 Å². The van der Waals surface area contributed by atoms with Gasteiger partial charge in [-0.2, -0.15) is 0 Å². The van der Waals surface area contributed by atoms with Gasteiger partial charge in [-0.15, -0.1) is 0 Å². The van der Waals surface area contributed by atoms with E-state index in [9.17, 15) is 4.79 Å². The second kappa shape index (κ2) is 9.85. The van der Waals surface area contributed by atoms with E-state index in [0.29, 0.717) is 48.7 Å². The first-order valence-corrected chi connectivity index (χ1v) is 13.9. The molecule has 7 rings (SSSR count). The van der Waals surface area contributed by atoms with Crippen LogP contribution >= 0.6 is 0 Å². The number of halogens is 1. The number of benzene rings is 1. The molecule has 1 N–H and O–H groups in total. The second-order valence-corrected chi connectivity index (χ2v) is 11.4. The summed E-state index contributed by atoms with van der Waals surface area (Å²) in [5, 5.41) is 2.78. The molecule has 1 aromatic carbocycles. The molecule has 0 radical (unpaired) electrons. The summed E-state index contributed by atoms with van der Waals surface area (Å²) in [6.07, 6.45) is 11.0. The van der Waals surface area contributed by atoms with Crippen molar-refractivity contribution in [2.75, 3.05) is 25.1 Å². The van der Waals surface area contributed by atoms with E-state index in [1.54, 1.807) is 17.0 Å². The maximum absolute atomic E-state index is 15.4.